The number of aromatic nitrogens is 3. The number of rotatable bonds is 5. The molecule has 4 aromatic rings. The molecule has 2 N–H and O–H groups in total. The molecule has 0 spiro atoms. The number of amides is 1. The zero-order chi connectivity index (χ0) is 18.6. The lowest BCUT2D eigenvalue weighted by Crippen LogP contribution is -2.25. The Morgan fingerprint density at radius 2 is 1.74 bits per heavy atom. The Kier molecular flexibility index (Phi) is 4.53. The standard InChI is InChI=1S/C21H18N4O2/c26-19-13-18(16-9-5-2-6-10-16)24-20-17(14-23-25(19)20)21(27)22-12-11-15-7-3-1-4-8-15/h1-10,13-14,26H,11-12H2,(H,22,27). The Balaban J connectivity index is 1.58. The van der Waals surface area contributed by atoms with Gasteiger partial charge in [0.2, 0.25) is 5.88 Å². The molecule has 4 rings (SSSR count). The van der Waals surface area contributed by atoms with Crippen LogP contribution in [-0.2, 0) is 6.42 Å². The molecule has 6 heteroatoms. The number of carbonyl (C=O) groups is 1. The van der Waals surface area contributed by atoms with Crippen LogP contribution in [0.15, 0.2) is 72.9 Å². The van der Waals surface area contributed by atoms with Crippen LogP contribution in [0.2, 0.25) is 0 Å². The fourth-order valence-corrected chi connectivity index (χ4v) is 2.92. The number of hydrogen-bond donors (Lipinski definition) is 2. The summed E-state index contributed by atoms with van der Waals surface area (Å²) in [5, 5.41) is 17.2. The minimum absolute atomic E-state index is 0.0674. The molecule has 0 saturated carbocycles. The van der Waals surface area contributed by atoms with E-state index in [0.717, 1.165) is 17.5 Å². The van der Waals surface area contributed by atoms with E-state index in [0.29, 0.717) is 23.4 Å². The molecular weight excluding hydrogens is 340 g/mol. The Morgan fingerprint density at radius 3 is 2.48 bits per heavy atom. The van der Waals surface area contributed by atoms with Gasteiger partial charge in [-0.2, -0.15) is 9.61 Å². The van der Waals surface area contributed by atoms with Gasteiger partial charge in [0, 0.05) is 18.2 Å². The summed E-state index contributed by atoms with van der Waals surface area (Å²) in [7, 11) is 0. The summed E-state index contributed by atoms with van der Waals surface area (Å²) in [5.74, 6) is -0.333. The van der Waals surface area contributed by atoms with Crippen LogP contribution in [0.5, 0.6) is 5.88 Å². The third-order valence-corrected chi connectivity index (χ3v) is 4.31. The van der Waals surface area contributed by atoms with Crippen LogP contribution in [-0.4, -0.2) is 32.2 Å². The van der Waals surface area contributed by atoms with Crippen molar-refractivity contribution in [1.82, 2.24) is 19.9 Å². The number of hydrogen-bond acceptors (Lipinski definition) is 4. The van der Waals surface area contributed by atoms with Crippen LogP contribution in [0.1, 0.15) is 15.9 Å². The molecule has 0 aliphatic rings. The second kappa shape index (κ2) is 7.29. The minimum Gasteiger partial charge on any atom is -0.493 e. The molecule has 0 radical (unpaired) electrons. The molecule has 134 valence electrons. The van der Waals surface area contributed by atoms with Gasteiger partial charge >= 0.3 is 0 Å². The number of aromatic hydroxyl groups is 1. The summed E-state index contributed by atoms with van der Waals surface area (Å²) in [6.45, 7) is 0.505. The highest BCUT2D eigenvalue weighted by atomic mass is 16.3. The molecule has 1 amide bonds. The summed E-state index contributed by atoms with van der Waals surface area (Å²) in [6.07, 6.45) is 2.16. The summed E-state index contributed by atoms with van der Waals surface area (Å²) in [4.78, 5) is 17.1. The smallest absolute Gasteiger partial charge is 0.256 e. The molecule has 2 heterocycles. The number of carbonyl (C=O) groups excluding carboxylic acids is 1. The van der Waals surface area contributed by atoms with Crippen LogP contribution in [0.4, 0.5) is 0 Å². The minimum atomic E-state index is -0.266. The second-order valence-corrected chi connectivity index (χ2v) is 6.15. The molecule has 0 bridgehead atoms. The van der Waals surface area contributed by atoms with Crippen molar-refractivity contribution in [1.29, 1.82) is 0 Å². The molecule has 6 nitrogen and oxygen atoms in total. The van der Waals surface area contributed by atoms with Crippen LogP contribution >= 0.6 is 0 Å². The van der Waals surface area contributed by atoms with Gasteiger partial charge in [-0.15, -0.1) is 0 Å². The van der Waals surface area contributed by atoms with Gasteiger partial charge in [-0.05, 0) is 12.0 Å². The molecule has 0 aliphatic heterocycles. The number of nitrogens with one attached hydrogen (secondary N) is 1. The van der Waals surface area contributed by atoms with E-state index in [-0.39, 0.29) is 11.8 Å². The number of nitrogens with zero attached hydrogens (tertiary/aromatic N) is 3. The molecule has 2 aromatic heterocycles. The van der Waals surface area contributed by atoms with E-state index in [2.05, 4.69) is 15.4 Å². The average Bonchev–Trinajstić information content (AvgIpc) is 3.14. The number of fused-ring (bicyclic) bond motifs is 1. The van der Waals surface area contributed by atoms with Crippen molar-refractivity contribution in [2.24, 2.45) is 0 Å². The van der Waals surface area contributed by atoms with Crippen LogP contribution < -0.4 is 5.32 Å². The predicted octanol–water partition coefficient (Wildman–Crippen LogP) is 3.07. The van der Waals surface area contributed by atoms with Crippen molar-refractivity contribution in [3.05, 3.63) is 84.1 Å². The zero-order valence-corrected chi connectivity index (χ0v) is 14.5. The van der Waals surface area contributed by atoms with Crippen LogP contribution in [0.3, 0.4) is 0 Å². The monoisotopic (exact) mass is 358 g/mol. The molecule has 27 heavy (non-hydrogen) atoms. The van der Waals surface area contributed by atoms with Crippen LogP contribution in [0, 0.1) is 0 Å². The van der Waals surface area contributed by atoms with Gasteiger partial charge in [-0.3, -0.25) is 4.79 Å². The lowest BCUT2D eigenvalue weighted by molar-refractivity contribution is 0.0955. The van der Waals surface area contributed by atoms with E-state index in [1.165, 1.54) is 16.8 Å². The highest BCUT2D eigenvalue weighted by Crippen LogP contribution is 2.24. The van der Waals surface area contributed by atoms with Gasteiger partial charge in [0.15, 0.2) is 5.65 Å². The third-order valence-electron chi connectivity index (χ3n) is 4.31. The second-order valence-electron chi connectivity index (χ2n) is 6.15. The van der Waals surface area contributed by atoms with E-state index in [9.17, 15) is 9.90 Å². The third kappa shape index (κ3) is 3.50. The van der Waals surface area contributed by atoms with Gasteiger partial charge in [-0.1, -0.05) is 60.7 Å². The first-order valence-corrected chi connectivity index (χ1v) is 8.67. The first-order chi connectivity index (χ1) is 13.2. The predicted molar refractivity (Wildman–Crippen MR) is 103 cm³/mol. The highest BCUT2D eigenvalue weighted by Gasteiger charge is 2.17. The molecule has 0 fully saturated rings. The summed E-state index contributed by atoms with van der Waals surface area (Å²) in [6, 6.07) is 21.0. The lowest BCUT2D eigenvalue weighted by Gasteiger charge is -2.06. The largest absolute Gasteiger partial charge is 0.493 e. The van der Waals surface area contributed by atoms with Crippen molar-refractivity contribution in [3.63, 3.8) is 0 Å². The van der Waals surface area contributed by atoms with Gasteiger partial charge < -0.3 is 10.4 Å². The van der Waals surface area contributed by atoms with Crippen molar-refractivity contribution in [2.45, 2.75) is 6.42 Å². The van der Waals surface area contributed by atoms with Gasteiger partial charge in [0.1, 0.15) is 5.56 Å². The molecule has 0 saturated heterocycles. The quantitative estimate of drug-likeness (QED) is 0.575. The summed E-state index contributed by atoms with van der Waals surface area (Å²) < 4.78 is 1.26. The van der Waals surface area contributed by atoms with Crippen molar-refractivity contribution in [3.8, 4) is 17.1 Å². The Morgan fingerprint density at radius 1 is 1.04 bits per heavy atom. The molecular formula is C21H18N4O2. The van der Waals surface area contributed by atoms with Crippen molar-refractivity contribution in [2.75, 3.05) is 6.54 Å². The van der Waals surface area contributed by atoms with E-state index < -0.39 is 0 Å². The Hall–Kier alpha value is -3.67. The fourth-order valence-electron chi connectivity index (χ4n) is 2.92. The molecule has 2 aromatic carbocycles. The van der Waals surface area contributed by atoms with E-state index in [1.807, 2.05) is 60.7 Å². The summed E-state index contributed by atoms with van der Waals surface area (Å²) in [5.41, 5.74) is 3.24. The molecule has 0 unspecified atom stereocenters. The fraction of sp³-hybridized carbons (Fsp3) is 0.0952. The van der Waals surface area contributed by atoms with Crippen molar-refractivity contribution < 1.29 is 9.90 Å². The SMILES string of the molecule is O=C(NCCc1ccccc1)c1cnn2c(O)cc(-c3ccccc3)nc12. The van der Waals surface area contributed by atoms with Crippen LogP contribution in [0.25, 0.3) is 16.9 Å². The Labute approximate surface area is 156 Å². The first-order valence-electron chi connectivity index (χ1n) is 8.67. The van der Waals surface area contributed by atoms with Crippen molar-refractivity contribution >= 4 is 11.6 Å². The normalized spacial score (nSPS) is 10.8. The summed E-state index contributed by atoms with van der Waals surface area (Å²) >= 11 is 0. The van der Waals surface area contributed by atoms with Gasteiger partial charge in [-0.25, -0.2) is 4.98 Å². The highest BCUT2D eigenvalue weighted by molar-refractivity contribution is 6.00. The maximum absolute atomic E-state index is 12.6. The van der Waals surface area contributed by atoms with E-state index >= 15 is 0 Å². The average molecular weight is 358 g/mol. The topological polar surface area (TPSA) is 79.5 Å². The maximum atomic E-state index is 12.6. The lowest BCUT2D eigenvalue weighted by atomic mass is 10.1. The number of benzene rings is 2. The van der Waals surface area contributed by atoms with E-state index in [4.69, 9.17) is 0 Å². The first kappa shape index (κ1) is 16.8. The van der Waals surface area contributed by atoms with Gasteiger partial charge in [0.05, 0.1) is 11.9 Å². The van der Waals surface area contributed by atoms with E-state index in [1.54, 1.807) is 0 Å². The van der Waals surface area contributed by atoms with Gasteiger partial charge in [0.25, 0.3) is 5.91 Å². The molecule has 0 atom stereocenters. The molecule has 0 aliphatic carbocycles. The Bertz CT molecular complexity index is 1080. The zero-order valence-electron chi connectivity index (χ0n) is 14.5. The maximum Gasteiger partial charge on any atom is 0.256 e.